The van der Waals surface area contributed by atoms with Crippen molar-refractivity contribution in [3.63, 3.8) is 0 Å². The van der Waals surface area contributed by atoms with E-state index in [1.54, 1.807) is 0 Å². The molecule has 1 atom stereocenters. The summed E-state index contributed by atoms with van der Waals surface area (Å²) in [7, 11) is 0. The Kier molecular flexibility index (Phi) is 2.71. The minimum Gasteiger partial charge on any atom is -0.303 e. The molecule has 0 aliphatic carbocycles. The number of benzene rings is 1. The first-order valence-corrected chi connectivity index (χ1v) is 4.92. The van der Waals surface area contributed by atoms with E-state index in [0.29, 0.717) is 18.5 Å². The third kappa shape index (κ3) is 2.09. The summed E-state index contributed by atoms with van der Waals surface area (Å²) in [6.07, 6.45) is -3.89. The molecule has 0 bridgehead atoms. The van der Waals surface area contributed by atoms with E-state index in [9.17, 15) is 18.0 Å². The van der Waals surface area contributed by atoms with Crippen LogP contribution in [0.25, 0.3) is 0 Å². The molecule has 0 aromatic heterocycles. The molecule has 2 rings (SSSR count). The fraction of sp³-hybridized carbons (Fsp3) is 0.364. The Morgan fingerprint density at radius 1 is 1.19 bits per heavy atom. The standard InChI is InChI=1S/C11H10F3NO/c12-11(13,14)8-3-1-7(2-4-8)10-9(16)5-6-15-10/h1-4,10,15H,5-6H2. The first-order valence-electron chi connectivity index (χ1n) is 4.92. The van der Waals surface area contributed by atoms with Gasteiger partial charge >= 0.3 is 6.18 Å². The molecule has 0 spiro atoms. The number of ketones is 1. The predicted molar refractivity (Wildman–Crippen MR) is 51.8 cm³/mol. The maximum atomic E-state index is 12.3. The number of Topliss-reactive ketones (excluding diaryl/α,β-unsaturated/α-hetero) is 1. The van der Waals surface area contributed by atoms with Crippen molar-refractivity contribution in [2.45, 2.75) is 18.6 Å². The molecule has 1 fully saturated rings. The molecule has 0 saturated carbocycles. The van der Waals surface area contributed by atoms with Gasteiger partial charge < -0.3 is 5.32 Å². The van der Waals surface area contributed by atoms with Crippen LogP contribution >= 0.6 is 0 Å². The molecular formula is C11H10F3NO. The Hall–Kier alpha value is -1.36. The molecule has 0 radical (unpaired) electrons. The first kappa shape index (κ1) is 11.1. The lowest BCUT2D eigenvalue weighted by molar-refractivity contribution is -0.137. The van der Waals surface area contributed by atoms with Crippen molar-refractivity contribution in [3.8, 4) is 0 Å². The van der Waals surface area contributed by atoms with Crippen molar-refractivity contribution in [3.05, 3.63) is 35.4 Å². The summed E-state index contributed by atoms with van der Waals surface area (Å²) < 4.78 is 36.9. The zero-order chi connectivity index (χ0) is 11.8. The van der Waals surface area contributed by atoms with E-state index in [2.05, 4.69) is 5.32 Å². The van der Waals surface area contributed by atoms with Gasteiger partial charge in [0.05, 0.1) is 11.6 Å². The molecule has 0 amide bonds. The van der Waals surface area contributed by atoms with Crippen LogP contribution in [0.4, 0.5) is 13.2 Å². The normalized spacial score (nSPS) is 21.4. The fourth-order valence-electron chi connectivity index (χ4n) is 1.77. The van der Waals surface area contributed by atoms with Gasteiger partial charge in [0.2, 0.25) is 0 Å². The van der Waals surface area contributed by atoms with Crippen LogP contribution in [0.15, 0.2) is 24.3 Å². The molecule has 1 aromatic carbocycles. The fourth-order valence-corrected chi connectivity index (χ4v) is 1.77. The monoisotopic (exact) mass is 229 g/mol. The van der Waals surface area contributed by atoms with E-state index >= 15 is 0 Å². The minimum absolute atomic E-state index is 0.0276. The van der Waals surface area contributed by atoms with Crippen LogP contribution in [-0.2, 0) is 11.0 Å². The van der Waals surface area contributed by atoms with Crippen LogP contribution in [0.1, 0.15) is 23.6 Å². The summed E-state index contributed by atoms with van der Waals surface area (Å²) in [6.45, 7) is 0.588. The van der Waals surface area contributed by atoms with E-state index in [0.717, 1.165) is 12.1 Å². The topological polar surface area (TPSA) is 29.1 Å². The summed E-state index contributed by atoms with van der Waals surface area (Å²) in [5.41, 5.74) is -0.0998. The highest BCUT2D eigenvalue weighted by molar-refractivity contribution is 5.87. The van der Waals surface area contributed by atoms with Gasteiger partial charge in [-0.25, -0.2) is 0 Å². The summed E-state index contributed by atoms with van der Waals surface area (Å²) in [5.74, 6) is 0.0276. The van der Waals surface area contributed by atoms with Crippen molar-refractivity contribution < 1.29 is 18.0 Å². The Balaban J connectivity index is 2.22. The van der Waals surface area contributed by atoms with Gasteiger partial charge in [-0.3, -0.25) is 4.79 Å². The Labute approximate surface area is 90.5 Å². The van der Waals surface area contributed by atoms with Crippen LogP contribution in [0.3, 0.4) is 0 Å². The van der Waals surface area contributed by atoms with Crippen molar-refractivity contribution in [2.24, 2.45) is 0 Å². The van der Waals surface area contributed by atoms with Gasteiger partial charge in [-0.05, 0) is 17.7 Å². The van der Waals surface area contributed by atoms with Gasteiger partial charge in [0.15, 0.2) is 5.78 Å². The zero-order valence-corrected chi connectivity index (χ0v) is 8.34. The summed E-state index contributed by atoms with van der Waals surface area (Å²) in [6, 6.07) is 4.26. The van der Waals surface area contributed by atoms with Crippen molar-refractivity contribution in [1.82, 2.24) is 5.32 Å². The zero-order valence-electron chi connectivity index (χ0n) is 8.34. The summed E-state index contributed by atoms with van der Waals surface area (Å²) >= 11 is 0. The molecule has 1 aliphatic heterocycles. The largest absolute Gasteiger partial charge is 0.416 e. The number of alkyl halides is 3. The maximum Gasteiger partial charge on any atom is 0.416 e. The SMILES string of the molecule is O=C1CCNC1c1ccc(C(F)(F)F)cc1. The highest BCUT2D eigenvalue weighted by Gasteiger charge is 2.31. The average molecular weight is 229 g/mol. The third-order valence-electron chi connectivity index (χ3n) is 2.61. The molecule has 16 heavy (non-hydrogen) atoms. The Morgan fingerprint density at radius 3 is 2.25 bits per heavy atom. The third-order valence-corrected chi connectivity index (χ3v) is 2.61. The number of rotatable bonds is 1. The van der Waals surface area contributed by atoms with E-state index < -0.39 is 17.8 Å². The number of nitrogens with one attached hydrogen (secondary N) is 1. The molecule has 1 unspecified atom stereocenters. The molecule has 5 heteroatoms. The van der Waals surface area contributed by atoms with E-state index in [-0.39, 0.29) is 5.78 Å². The molecular weight excluding hydrogens is 219 g/mol. The van der Waals surface area contributed by atoms with Crippen LogP contribution in [0.2, 0.25) is 0 Å². The molecule has 2 nitrogen and oxygen atoms in total. The number of carbonyl (C=O) groups excluding carboxylic acids is 1. The number of halogens is 3. The highest BCUT2D eigenvalue weighted by atomic mass is 19.4. The van der Waals surface area contributed by atoms with Gasteiger partial charge in [-0.2, -0.15) is 13.2 Å². The second kappa shape index (κ2) is 3.90. The van der Waals surface area contributed by atoms with E-state index in [1.165, 1.54) is 12.1 Å². The van der Waals surface area contributed by atoms with Gasteiger partial charge in [0.25, 0.3) is 0 Å². The van der Waals surface area contributed by atoms with Crippen LogP contribution in [-0.4, -0.2) is 12.3 Å². The average Bonchev–Trinajstić information content (AvgIpc) is 2.63. The van der Waals surface area contributed by atoms with Crippen LogP contribution in [0, 0.1) is 0 Å². The second-order valence-electron chi connectivity index (χ2n) is 3.72. The number of hydrogen-bond donors (Lipinski definition) is 1. The quantitative estimate of drug-likeness (QED) is 0.800. The molecule has 86 valence electrons. The lowest BCUT2D eigenvalue weighted by atomic mass is 10.0. The van der Waals surface area contributed by atoms with Gasteiger partial charge in [-0.1, -0.05) is 12.1 Å². The lowest BCUT2D eigenvalue weighted by Crippen LogP contribution is -2.17. The molecule has 1 aromatic rings. The second-order valence-corrected chi connectivity index (χ2v) is 3.72. The van der Waals surface area contributed by atoms with E-state index in [4.69, 9.17) is 0 Å². The lowest BCUT2D eigenvalue weighted by Gasteiger charge is -2.11. The smallest absolute Gasteiger partial charge is 0.303 e. The highest BCUT2D eigenvalue weighted by Crippen LogP contribution is 2.30. The number of carbonyl (C=O) groups is 1. The minimum atomic E-state index is -4.33. The molecule has 1 aliphatic rings. The van der Waals surface area contributed by atoms with Crippen molar-refractivity contribution in [1.29, 1.82) is 0 Å². The Morgan fingerprint density at radius 2 is 1.81 bits per heavy atom. The molecule has 1 N–H and O–H groups in total. The first-order chi connectivity index (χ1) is 7.48. The number of hydrogen-bond acceptors (Lipinski definition) is 2. The van der Waals surface area contributed by atoms with E-state index in [1.807, 2.05) is 0 Å². The van der Waals surface area contributed by atoms with Gasteiger partial charge in [0.1, 0.15) is 0 Å². The molecule has 1 saturated heterocycles. The summed E-state index contributed by atoms with van der Waals surface area (Å²) in [4.78, 5) is 11.4. The predicted octanol–water partition coefficient (Wildman–Crippen LogP) is 2.31. The van der Waals surface area contributed by atoms with Crippen LogP contribution in [0.5, 0.6) is 0 Å². The van der Waals surface area contributed by atoms with Gasteiger partial charge in [0, 0.05) is 13.0 Å². The summed E-state index contributed by atoms with van der Waals surface area (Å²) in [5, 5.41) is 2.95. The van der Waals surface area contributed by atoms with Gasteiger partial charge in [-0.15, -0.1) is 0 Å². The maximum absolute atomic E-state index is 12.3. The van der Waals surface area contributed by atoms with Crippen LogP contribution < -0.4 is 5.32 Å². The molecule has 1 heterocycles. The Bertz CT molecular complexity index is 397. The van der Waals surface area contributed by atoms with Crippen molar-refractivity contribution in [2.75, 3.05) is 6.54 Å². The van der Waals surface area contributed by atoms with Crippen molar-refractivity contribution >= 4 is 5.78 Å².